The maximum Gasteiger partial charge on any atom is 0.237 e. The third-order valence-corrected chi connectivity index (χ3v) is 4.24. The Hall–Kier alpha value is -0.570. The molecule has 1 aliphatic carbocycles. The molecule has 1 aliphatic rings. The smallest absolute Gasteiger partial charge is 0.237 e. The second kappa shape index (κ2) is 7.78. The Balaban J connectivity index is 2.23. The molecule has 1 saturated carbocycles. The second-order valence-corrected chi connectivity index (χ2v) is 5.94. The summed E-state index contributed by atoms with van der Waals surface area (Å²) in [4.78, 5) is 12.0. The average molecular weight is 254 g/mol. The Morgan fingerprint density at radius 3 is 2.44 bits per heavy atom. The Morgan fingerprint density at radius 2 is 1.94 bits per heavy atom. The van der Waals surface area contributed by atoms with E-state index in [-0.39, 0.29) is 11.9 Å². The summed E-state index contributed by atoms with van der Waals surface area (Å²) >= 11 is 0. The number of carbonyl (C=O) groups is 1. The summed E-state index contributed by atoms with van der Waals surface area (Å²) in [5.74, 6) is 1.78. The molecule has 106 valence electrons. The zero-order valence-corrected chi connectivity index (χ0v) is 12.5. The van der Waals surface area contributed by atoms with Gasteiger partial charge in [-0.25, -0.2) is 0 Å². The highest BCUT2D eigenvalue weighted by molar-refractivity contribution is 5.81. The predicted molar refractivity (Wildman–Crippen MR) is 76.5 cm³/mol. The van der Waals surface area contributed by atoms with Crippen molar-refractivity contribution in [1.82, 2.24) is 10.6 Å². The summed E-state index contributed by atoms with van der Waals surface area (Å²) < 4.78 is 0. The van der Waals surface area contributed by atoms with Crippen molar-refractivity contribution in [2.45, 2.75) is 71.9 Å². The first-order valence-corrected chi connectivity index (χ1v) is 7.60. The SMILES string of the molecule is CCC(CC)NC(=O)C(C)NCC1CCC(C)C1. The molecule has 0 aromatic rings. The lowest BCUT2D eigenvalue weighted by molar-refractivity contribution is -0.123. The zero-order valence-electron chi connectivity index (χ0n) is 12.5. The van der Waals surface area contributed by atoms with Gasteiger partial charge in [0.05, 0.1) is 6.04 Å². The van der Waals surface area contributed by atoms with Crippen molar-refractivity contribution in [2.75, 3.05) is 6.54 Å². The van der Waals surface area contributed by atoms with Gasteiger partial charge in [0.15, 0.2) is 0 Å². The van der Waals surface area contributed by atoms with E-state index in [1.165, 1.54) is 19.3 Å². The molecule has 3 atom stereocenters. The molecule has 1 fully saturated rings. The van der Waals surface area contributed by atoms with Crippen molar-refractivity contribution in [3.05, 3.63) is 0 Å². The molecular weight excluding hydrogens is 224 g/mol. The molecule has 3 nitrogen and oxygen atoms in total. The third kappa shape index (κ3) is 4.97. The van der Waals surface area contributed by atoms with E-state index in [0.29, 0.717) is 6.04 Å². The lowest BCUT2D eigenvalue weighted by Crippen LogP contribution is -2.47. The fraction of sp³-hybridized carbons (Fsp3) is 0.933. The minimum Gasteiger partial charge on any atom is -0.352 e. The number of nitrogens with one attached hydrogen (secondary N) is 2. The maximum atomic E-state index is 12.0. The molecule has 1 rings (SSSR count). The van der Waals surface area contributed by atoms with Gasteiger partial charge in [-0.15, -0.1) is 0 Å². The number of amides is 1. The Morgan fingerprint density at radius 1 is 1.28 bits per heavy atom. The molecule has 0 heterocycles. The summed E-state index contributed by atoms with van der Waals surface area (Å²) in [6, 6.07) is 0.259. The second-order valence-electron chi connectivity index (χ2n) is 5.94. The summed E-state index contributed by atoms with van der Waals surface area (Å²) in [5, 5.41) is 6.49. The van der Waals surface area contributed by atoms with Crippen molar-refractivity contribution >= 4 is 5.91 Å². The first-order valence-electron chi connectivity index (χ1n) is 7.60. The lowest BCUT2D eigenvalue weighted by atomic mass is 10.1. The molecule has 18 heavy (non-hydrogen) atoms. The average Bonchev–Trinajstić information content (AvgIpc) is 2.78. The molecule has 0 bridgehead atoms. The number of hydrogen-bond acceptors (Lipinski definition) is 2. The minimum atomic E-state index is -0.0680. The summed E-state index contributed by atoms with van der Waals surface area (Å²) in [5.41, 5.74) is 0. The molecule has 0 spiro atoms. The third-order valence-electron chi connectivity index (χ3n) is 4.24. The van der Waals surface area contributed by atoms with E-state index >= 15 is 0 Å². The van der Waals surface area contributed by atoms with Crippen LogP contribution in [0, 0.1) is 11.8 Å². The van der Waals surface area contributed by atoms with Crippen LogP contribution in [0.3, 0.4) is 0 Å². The molecule has 0 aliphatic heterocycles. The Kier molecular flexibility index (Phi) is 6.69. The monoisotopic (exact) mass is 254 g/mol. The molecule has 3 heteroatoms. The van der Waals surface area contributed by atoms with Gasteiger partial charge in [0.2, 0.25) is 5.91 Å². The van der Waals surface area contributed by atoms with Gasteiger partial charge in [-0.2, -0.15) is 0 Å². The van der Waals surface area contributed by atoms with Crippen LogP contribution in [-0.2, 0) is 4.79 Å². The molecule has 3 unspecified atom stereocenters. The molecule has 0 saturated heterocycles. The highest BCUT2D eigenvalue weighted by Gasteiger charge is 2.22. The van der Waals surface area contributed by atoms with Crippen molar-refractivity contribution < 1.29 is 4.79 Å². The normalized spacial score (nSPS) is 25.4. The van der Waals surface area contributed by atoms with Crippen molar-refractivity contribution in [1.29, 1.82) is 0 Å². The lowest BCUT2D eigenvalue weighted by Gasteiger charge is -2.20. The molecule has 0 aromatic heterocycles. The number of hydrogen-bond donors (Lipinski definition) is 2. The van der Waals surface area contributed by atoms with Crippen molar-refractivity contribution in [3.63, 3.8) is 0 Å². The van der Waals surface area contributed by atoms with E-state index in [9.17, 15) is 4.79 Å². The first-order chi connectivity index (χ1) is 8.56. The Bertz CT molecular complexity index is 251. The number of rotatable bonds is 7. The van der Waals surface area contributed by atoms with Crippen LogP contribution in [0.1, 0.15) is 59.8 Å². The molecular formula is C15H30N2O. The highest BCUT2D eigenvalue weighted by atomic mass is 16.2. The Labute approximate surface area is 112 Å². The minimum absolute atomic E-state index is 0.0680. The van der Waals surface area contributed by atoms with Gasteiger partial charge < -0.3 is 10.6 Å². The largest absolute Gasteiger partial charge is 0.352 e. The van der Waals surface area contributed by atoms with Gasteiger partial charge in [0.1, 0.15) is 0 Å². The summed E-state index contributed by atoms with van der Waals surface area (Å²) in [6.07, 6.45) is 5.99. The molecule has 1 amide bonds. The van der Waals surface area contributed by atoms with Crippen molar-refractivity contribution in [2.24, 2.45) is 11.8 Å². The molecule has 0 aromatic carbocycles. The van der Waals surface area contributed by atoms with E-state index in [1.807, 2.05) is 6.92 Å². The van der Waals surface area contributed by atoms with Crippen LogP contribution >= 0.6 is 0 Å². The maximum absolute atomic E-state index is 12.0. The predicted octanol–water partition coefficient (Wildman–Crippen LogP) is 2.71. The summed E-state index contributed by atoms with van der Waals surface area (Å²) in [6.45, 7) is 9.51. The van der Waals surface area contributed by atoms with E-state index in [2.05, 4.69) is 31.4 Å². The standard InChI is InChI=1S/C15H30N2O/c1-5-14(6-2)17-15(18)12(4)16-10-13-8-7-11(3)9-13/h11-14,16H,5-10H2,1-4H3,(H,17,18). The van der Waals surface area contributed by atoms with Gasteiger partial charge in [0.25, 0.3) is 0 Å². The fourth-order valence-electron chi connectivity index (χ4n) is 2.77. The van der Waals surface area contributed by atoms with E-state index in [4.69, 9.17) is 0 Å². The van der Waals surface area contributed by atoms with Crippen LogP contribution in [0.5, 0.6) is 0 Å². The van der Waals surface area contributed by atoms with Crippen LogP contribution in [-0.4, -0.2) is 24.5 Å². The highest BCUT2D eigenvalue weighted by Crippen LogP contribution is 2.29. The van der Waals surface area contributed by atoms with Gasteiger partial charge in [-0.05, 0) is 51.0 Å². The van der Waals surface area contributed by atoms with Gasteiger partial charge >= 0.3 is 0 Å². The molecule has 2 N–H and O–H groups in total. The van der Waals surface area contributed by atoms with Gasteiger partial charge in [-0.1, -0.05) is 27.2 Å². The van der Waals surface area contributed by atoms with Gasteiger partial charge in [0, 0.05) is 6.04 Å². The van der Waals surface area contributed by atoms with Crippen LogP contribution in [0.25, 0.3) is 0 Å². The number of carbonyl (C=O) groups excluding carboxylic acids is 1. The van der Waals surface area contributed by atoms with Crippen LogP contribution in [0.4, 0.5) is 0 Å². The topological polar surface area (TPSA) is 41.1 Å². The fourth-order valence-corrected chi connectivity index (χ4v) is 2.77. The van der Waals surface area contributed by atoms with E-state index < -0.39 is 0 Å². The first kappa shape index (κ1) is 15.5. The summed E-state index contributed by atoms with van der Waals surface area (Å²) in [7, 11) is 0. The van der Waals surface area contributed by atoms with E-state index in [1.54, 1.807) is 0 Å². The molecule has 0 radical (unpaired) electrons. The van der Waals surface area contributed by atoms with Crippen LogP contribution in [0.15, 0.2) is 0 Å². The van der Waals surface area contributed by atoms with E-state index in [0.717, 1.165) is 31.2 Å². The zero-order chi connectivity index (χ0) is 13.5. The van der Waals surface area contributed by atoms with Crippen LogP contribution < -0.4 is 10.6 Å². The van der Waals surface area contributed by atoms with Crippen molar-refractivity contribution in [3.8, 4) is 0 Å². The van der Waals surface area contributed by atoms with Gasteiger partial charge in [-0.3, -0.25) is 4.79 Å². The quantitative estimate of drug-likeness (QED) is 0.733. The van der Waals surface area contributed by atoms with Crippen LogP contribution in [0.2, 0.25) is 0 Å².